The first kappa shape index (κ1) is 11.0. The molecule has 0 aliphatic carbocycles. The lowest BCUT2D eigenvalue weighted by Crippen LogP contribution is -2.35. The first-order chi connectivity index (χ1) is 8.93. The van der Waals surface area contributed by atoms with Crippen molar-refractivity contribution < 1.29 is 0 Å². The van der Waals surface area contributed by atoms with Crippen molar-refractivity contribution in [1.82, 2.24) is 10.2 Å². The standard InChI is InChI=1S/C16H22N2/c1-2-4-14-13(3-1)15-5-6-16(14)18(15)11-12-7-9-17-10-8-12/h1-4,12,15-17H,5-11H2. The van der Waals surface area contributed by atoms with Crippen molar-refractivity contribution in [1.29, 1.82) is 0 Å². The van der Waals surface area contributed by atoms with E-state index in [9.17, 15) is 0 Å². The highest BCUT2D eigenvalue weighted by atomic mass is 15.2. The minimum Gasteiger partial charge on any atom is -0.317 e. The van der Waals surface area contributed by atoms with Crippen molar-refractivity contribution in [2.75, 3.05) is 19.6 Å². The van der Waals surface area contributed by atoms with E-state index >= 15 is 0 Å². The number of piperidine rings is 1. The van der Waals surface area contributed by atoms with Crippen LogP contribution in [0.15, 0.2) is 24.3 Å². The van der Waals surface area contributed by atoms with Gasteiger partial charge in [-0.3, -0.25) is 4.90 Å². The molecule has 0 amide bonds. The molecule has 2 heteroatoms. The summed E-state index contributed by atoms with van der Waals surface area (Å²) in [6.45, 7) is 3.77. The molecule has 2 saturated heterocycles. The van der Waals surface area contributed by atoms with E-state index in [1.807, 2.05) is 0 Å². The lowest BCUT2D eigenvalue weighted by Gasteiger charge is -2.30. The maximum absolute atomic E-state index is 3.48. The Balaban J connectivity index is 1.55. The van der Waals surface area contributed by atoms with Gasteiger partial charge in [0.05, 0.1) is 0 Å². The largest absolute Gasteiger partial charge is 0.317 e. The second-order valence-corrected chi connectivity index (χ2v) is 6.13. The Morgan fingerprint density at radius 2 is 1.56 bits per heavy atom. The van der Waals surface area contributed by atoms with Gasteiger partial charge in [0.1, 0.15) is 0 Å². The van der Waals surface area contributed by atoms with Crippen molar-refractivity contribution in [3.63, 3.8) is 0 Å². The van der Waals surface area contributed by atoms with E-state index in [2.05, 4.69) is 34.5 Å². The van der Waals surface area contributed by atoms with Crippen molar-refractivity contribution in [2.45, 2.75) is 37.8 Å². The van der Waals surface area contributed by atoms with Gasteiger partial charge in [-0.05, 0) is 55.8 Å². The third-order valence-electron chi connectivity index (χ3n) is 5.16. The SMILES string of the molecule is c1ccc2c(c1)C1CCC2N1CC1CCNCC1. The normalized spacial score (nSPS) is 31.8. The molecule has 1 aromatic carbocycles. The molecule has 2 atom stereocenters. The zero-order valence-corrected chi connectivity index (χ0v) is 10.9. The van der Waals surface area contributed by atoms with Crippen molar-refractivity contribution in [2.24, 2.45) is 5.92 Å². The van der Waals surface area contributed by atoms with E-state index in [-0.39, 0.29) is 0 Å². The molecular weight excluding hydrogens is 220 g/mol. The Morgan fingerprint density at radius 1 is 0.944 bits per heavy atom. The van der Waals surface area contributed by atoms with E-state index in [0.717, 1.165) is 18.0 Å². The van der Waals surface area contributed by atoms with E-state index in [1.54, 1.807) is 11.1 Å². The zero-order chi connectivity index (χ0) is 11.9. The summed E-state index contributed by atoms with van der Waals surface area (Å²) < 4.78 is 0. The molecule has 3 aliphatic heterocycles. The monoisotopic (exact) mass is 242 g/mol. The van der Waals surface area contributed by atoms with Gasteiger partial charge in [-0.2, -0.15) is 0 Å². The molecule has 96 valence electrons. The molecule has 0 aromatic heterocycles. The lowest BCUT2D eigenvalue weighted by atomic mass is 9.92. The Labute approximate surface area is 109 Å². The van der Waals surface area contributed by atoms with Crippen LogP contribution in [0.5, 0.6) is 0 Å². The number of benzene rings is 1. The van der Waals surface area contributed by atoms with E-state index in [0.29, 0.717) is 0 Å². The molecule has 2 fully saturated rings. The first-order valence-corrected chi connectivity index (χ1v) is 7.49. The van der Waals surface area contributed by atoms with Gasteiger partial charge in [0.2, 0.25) is 0 Å². The number of fused-ring (bicyclic) bond motifs is 5. The summed E-state index contributed by atoms with van der Waals surface area (Å²) >= 11 is 0. The molecule has 2 bridgehead atoms. The Morgan fingerprint density at radius 3 is 2.17 bits per heavy atom. The third-order valence-corrected chi connectivity index (χ3v) is 5.16. The van der Waals surface area contributed by atoms with Crippen LogP contribution in [-0.2, 0) is 0 Å². The highest BCUT2D eigenvalue weighted by Gasteiger charge is 2.43. The summed E-state index contributed by atoms with van der Waals surface area (Å²) in [5, 5.41) is 3.48. The van der Waals surface area contributed by atoms with Gasteiger partial charge in [0.25, 0.3) is 0 Å². The molecule has 0 saturated carbocycles. The van der Waals surface area contributed by atoms with E-state index in [1.165, 1.54) is 45.3 Å². The average molecular weight is 242 g/mol. The summed E-state index contributed by atoms with van der Waals surface area (Å²) in [5.41, 5.74) is 3.25. The smallest absolute Gasteiger partial charge is 0.0358 e. The highest BCUT2D eigenvalue weighted by molar-refractivity contribution is 5.39. The fourth-order valence-electron chi connectivity index (χ4n) is 4.27. The van der Waals surface area contributed by atoms with Gasteiger partial charge in [-0.1, -0.05) is 24.3 Å². The number of nitrogens with one attached hydrogen (secondary N) is 1. The van der Waals surface area contributed by atoms with E-state index < -0.39 is 0 Å². The molecule has 2 unspecified atom stereocenters. The zero-order valence-electron chi connectivity index (χ0n) is 10.9. The van der Waals surface area contributed by atoms with Gasteiger partial charge in [-0.25, -0.2) is 0 Å². The quantitative estimate of drug-likeness (QED) is 0.858. The van der Waals surface area contributed by atoms with Gasteiger partial charge >= 0.3 is 0 Å². The molecule has 0 spiro atoms. The second-order valence-electron chi connectivity index (χ2n) is 6.13. The predicted octanol–water partition coefficient (Wildman–Crippen LogP) is 2.88. The Hall–Kier alpha value is -0.860. The molecule has 3 heterocycles. The summed E-state index contributed by atoms with van der Waals surface area (Å²) in [7, 11) is 0. The van der Waals surface area contributed by atoms with Crippen molar-refractivity contribution in [3.8, 4) is 0 Å². The predicted molar refractivity (Wildman–Crippen MR) is 73.5 cm³/mol. The first-order valence-electron chi connectivity index (χ1n) is 7.49. The lowest BCUT2D eigenvalue weighted by molar-refractivity contribution is 0.168. The molecule has 2 nitrogen and oxygen atoms in total. The maximum Gasteiger partial charge on any atom is 0.0358 e. The van der Waals surface area contributed by atoms with Crippen LogP contribution in [0.25, 0.3) is 0 Å². The Bertz CT molecular complexity index is 405. The average Bonchev–Trinajstić information content (AvgIpc) is 2.96. The number of hydrogen-bond donors (Lipinski definition) is 1. The molecule has 0 radical (unpaired) electrons. The van der Waals surface area contributed by atoms with Gasteiger partial charge in [0.15, 0.2) is 0 Å². The molecular formula is C16H22N2. The summed E-state index contributed by atoms with van der Waals surface area (Å²) in [6.07, 6.45) is 5.50. The summed E-state index contributed by atoms with van der Waals surface area (Å²) in [4.78, 5) is 2.81. The van der Waals surface area contributed by atoms with Crippen molar-refractivity contribution >= 4 is 0 Å². The molecule has 1 aromatic rings. The third kappa shape index (κ3) is 1.63. The highest BCUT2D eigenvalue weighted by Crippen LogP contribution is 2.53. The van der Waals surface area contributed by atoms with Gasteiger partial charge in [-0.15, -0.1) is 0 Å². The van der Waals surface area contributed by atoms with Crippen molar-refractivity contribution in [3.05, 3.63) is 35.4 Å². The molecule has 1 N–H and O–H groups in total. The minimum atomic E-state index is 0.737. The number of hydrogen-bond acceptors (Lipinski definition) is 2. The summed E-state index contributed by atoms with van der Waals surface area (Å²) in [5.74, 6) is 0.920. The minimum absolute atomic E-state index is 0.737. The number of nitrogens with zero attached hydrogens (tertiary/aromatic N) is 1. The molecule has 3 aliphatic rings. The molecule has 18 heavy (non-hydrogen) atoms. The number of rotatable bonds is 2. The van der Waals surface area contributed by atoms with Crippen LogP contribution in [-0.4, -0.2) is 24.5 Å². The summed E-state index contributed by atoms with van der Waals surface area (Å²) in [6, 6.07) is 10.6. The van der Waals surface area contributed by atoms with Crippen LogP contribution in [0.3, 0.4) is 0 Å². The van der Waals surface area contributed by atoms with E-state index in [4.69, 9.17) is 0 Å². The maximum atomic E-state index is 3.48. The van der Waals surface area contributed by atoms with Crippen LogP contribution < -0.4 is 5.32 Å². The van der Waals surface area contributed by atoms with Crippen LogP contribution in [0.2, 0.25) is 0 Å². The van der Waals surface area contributed by atoms with Crippen LogP contribution in [0.4, 0.5) is 0 Å². The second kappa shape index (κ2) is 4.36. The van der Waals surface area contributed by atoms with Crippen LogP contribution in [0.1, 0.15) is 48.9 Å². The van der Waals surface area contributed by atoms with Crippen LogP contribution in [0, 0.1) is 5.92 Å². The topological polar surface area (TPSA) is 15.3 Å². The van der Waals surface area contributed by atoms with Gasteiger partial charge < -0.3 is 5.32 Å². The Kier molecular flexibility index (Phi) is 2.66. The van der Waals surface area contributed by atoms with Gasteiger partial charge in [0, 0.05) is 18.6 Å². The molecule has 4 rings (SSSR count). The fraction of sp³-hybridized carbons (Fsp3) is 0.625. The van der Waals surface area contributed by atoms with Crippen LogP contribution >= 0.6 is 0 Å². The fourth-order valence-corrected chi connectivity index (χ4v) is 4.27.